The van der Waals surface area contributed by atoms with Crippen molar-refractivity contribution in [3.63, 3.8) is 0 Å². The van der Waals surface area contributed by atoms with Crippen molar-refractivity contribution in [2.45, 2.75) is 4.90 Å². The Morgan fingerprint density at radius 2 is 2.00 bits per heavy atom. The molecule has 25 heavy (non-hydrogen) atoms. The van der Waals surface area contributed by atoms with Gasteiger partial charge in [-0.2, -0.15) is 0 Å². The van der Waals surface area contributed by atoms with Crippen molar-refractivity contribution in [1.29, 1.82) is 0 Å². The Morgan fingerprint density at radius 1 is 1.16 bits per heavy atom. The first-order chi connectivity index (χ1) is 11.9. The first-order valence-corrected chi connectivity index (χ1v) is 10.2. The number of aromatic nitrogens is 2. The highest BCUT2D eigenvalue weighted by molar-refractivity contribution is 9.10. The number of sulfone groups is 1. The average Bonchev–Trinajstić information content (AvgIpc) is 2.57. The molecule has 0 saturated carbocycles. The highest BCUT2D eigenvalue weighted by atomic mass is 79.9. The minimum Gasteiger partial charge on any atom is -0.492 e. The summed E-state index contributed by atoms with van der Waals surface area (Å²) in [6, 6.07) is 12.4. The number of nitrogens with one attached hydrogen (secondary N) is 1. The summed E-state index contributed by atoms with van der Waals surface area (Å²) >= 11 is 3.40. The molecule has 3 rings (SSSR count). The molecular weight excluding hydrogens is 406 g/mol. The van der Waals surface area contributed by atoms with Crippen molar-refractivity contribution in [3.05, 3.63) is 53.3 Å². The summed E-state index contributed by atoms with van der Waals surface area (Å²) in [5.41, 5.74) is 0.679. The Labute approximate surface area is 154 Å². The molecule has 0 aliphatic carbocycles. The molecule has 0 saturated heterocycles. The van der Waals surface area contributed by atoms with Gasteiger partial charge in [-0.1, -0.05) is 22.0 Å². The maximum Gasteiger partial charge on any atom is 0.175 e. The number of ether oxygens (including phenoxy) is 1. The van der Waals surface area contributed by atoms with Crippen molar-refractivity contribution >= 4 is 42.5 Å². The number of nitrogens with zero attached hydrogens (tertiary/aromatic N) is 2. The third kappa shape index (κ3) is 4.46. The van der Waals surface area contributed by atoms with E-state index in [9.17, 15) is 8.42 Å². The van der Waals surface area contributed by atoms with E-state index in [1.807, 2.05) is 24.3 Å². The van der Waals surface area contributed by atoms with Gasteiger partial charge in [-0.25, -0.2) is 18.4 Å². The lowest BCUT2D eigenvalue weighted by Gasteiger charge is -2.10. The van der Waals surface area contributed by atoms with Crippen molar-refractivity contribution in [2.24, 2.45) is 0 Å². The number of hydrogen-bond acceptors (Lipinski definition) is 6. The quantitative estimate of drug-likeness (QED) is 0.614. The molecule has 0 unspecified atom stereocenters. The first-order valence-electron chi connectivity index (χ1n) is 7.50. The summed E-state index contributed by atoms with van der Waals surface area (Å²) in [6.07, 6.45) is 2.62. The molecule has 0 aliphatic rings. The van der Waals surface area contributed by atoms with Gasteiger partial charge in [-0.05, 0) is 36.4 Å². The number of hydrogen-bond donors (Lipinski definition) is 1. The molecular formula is C17H16BrN3O3S. The van der Waals surface area contributed by atoms with Crippen LogP contribution in [0, 0.1) is 0 Å². The largest absolute Gasteiger partial charge is 0.492 e. The first kappa shape index (κ1) is 17.6. The topological polar surface area (TPSA) is 81.2 Å². The van der Waals surface area contributed by atoms with E-state index >= 15 is 0 Å². The van der Waals surface area contributed by atoms with Gasteiger partial charge >= 0.3 is 0 Å². The molecule has 1 N–H and O–H groups in total. The molecule has 6 nitrogen and oxygen atoms in total. The molecule has 0 radical (unpaired) electrons. The Balaban J connectivity index is 1.72. The normalized spacial score (nSPS) is 11.4. The fourth-order valence-corrected chi connectivity index (χ4v) is 3.33. The van der Waals surface area contributed by atoms with Gasteiger partial charge in [0.2, 0.25) is 0 Å². The van der Waals surface area contributed by atoms with Gasteiger partial charge in [0.15, 0.2) is 9.84 Å². The molecule has 0 amide bonds. The van der Waals surface area contributed by atoms with Gasteiger partial charge in [-0.15, -0.1) is 0 Å². The van der Waals surface area contributed by atoms with E-state index in [4.69, 9.17) is 4.74 Å². The second kappa shape index (κ2) is 7.37. The lowest BCUT2D eigenvalue weighted by atomic mass is 10.2. The summed E-state index contributed by atoms with van der Waals surface area (Å²) in [4.78, 5) is 8.62. The number of benzene rings is 2. The highest BCUT2D eigenvalue weighted by Crippen LogP contribution is 2.23. The number of fused-ring (bicyclic) bond motifs is 1. The minimum absolute atomic E-state index is 0.239. The predicted octanol–water partition coefficient (Wildman–Crippen LogP) is 3.29. The van der Waals surface area contributed by atoms with E-state index in [2.05, 4.69) is 31.2 Å². The number of anilines is 1. The summed E-state index contributed by atoms with van der Waals surface area (Å²) in [5.74, 6) is 1.34. The molecule has 130 valence electrons. The van der Waals surface area contributed by atoms with Crippen LogP contribution in [-0.4, -0.2) is 37.8 Å². The Morgan fingerprint density at radius 3 is 2.76 bits per heavy atom. The van der Waals surface area contributed by atoms with E-state index in [0.29, 0.717) is 29.9 Å². The molecule has 0 spiro atoms. The third-order valence-electron chi connectivity index (χ3n) is 3.49. The van der Waals surface area contributed by atoms with Gasteiger partial charge < -0.3 is 10.1 Å². The predicted molar refractivity (Wildman–Crippen MR) is 101 cm³/mol. The zero-order valence-electron chi connectivity index (χ0n) is 13.4. The van der Waals surface area contributed by atoms with Crippen molar-refractivity contribution in [3.8, 4) is 5.75 Å². The van der Waals surface area contributed by atoms with Crippen LogP contribution in [0.4, 0.5) is 5.82 Å². The second-order valence-corrected chi connectivity index (χ2v) is 8.34. The maximum absolute atomic E-state index is 11.7. The van der Waals surface area contributed by atoms with Crippen LogP contribution in [0.1, 0.15) is 0 Å². The second-order valence-electron chi connectivity index (χ2n) is 5.41. The van der Waals surface area contributed by atoms with E-state index in [-0.39, 0.29) is 4.90 Å². The highest BCUT2D eigenvalue weighted by Gasteiger charge is 2.11. The lowest BCUT2D eigenvalue weighted by Crippen LogP contribution is -2.13. The van der Waals surface area contributed by atoms with Crippen LogP contribution in [0.25, 0.3) is 10.9 Å². The van der Waals surface area contributed by atoms with E-state index < -0.39 is 9.84 Å². The van der Waals surface area contributed by atoms with Crippen molar-refractivity contribution in [2.75, 3.05) is 24.7 Å². The summed E-state index contributed by atoms with van der Waals surface area (Å²) < 4.78 is 30.1. The summed E-state index contributed by atoms with van der Waals surface area (Å²) in [6.45, 7) is 0.954. The van der Waals surface area contributed by atoms with Crippen LogP contribution in [0.5, 0.6) is 5.75 Å². The molecule has 0 bridgehead atoms. The van der Waals surface area contributed by atoms with E-state index in [1.165, 1.54) is 12.6 Å². The van der Waals surface area contributed by atoms with Crippen LogP contribution in [0.3, 0.4) is 0 Å². The lowest BCUT2D eigenvalue weighted by molar-refractivity contribution is 0.332. The fourth-order valence-electron chi connectivity index (χ4n) is 2.30. The van der Waals surface area contributed by atoms with Gasteiger partial charge in [0.05, 0.1) is 17.0 Å². The molecule has 1 heterocycles. The molecule has 1 aromatic heterocycles. The maximum atomic E-state index is 11.7. The zero-order valence-corrected chi connectivity index (χ0v) is 15.8. The van der Waals surface area contributed by atoms with Crippen LogP contribution in [0.15, 0.2) is 58.2 Å². The summed E-state index contributed by atoms with van der Waals surface area (Å²) in [7, 11) is -3.29. The third-order valence-corrected chi connectivity index (χ3v) is 5.10. The Hall–Kier alpha value is -2.19. The van der Waals surface area contributed by atoms with Gasteiger partial charge in [-0.3, -0.25) is 0 Å². The molecule has 0 fully saturated rings. The molecule has 3 aromatic rings. The smallest absolute Gasteiger partial charge is 0.175 e. The molecule has 0 aliphatic heterocycles. The van der Waals surface area contributed by atoms with Crippen LogP contribution >= 0.6 is 15.9 Å². The average molecular weight is 422 g/mol. The van der Waals surface area contributed by atoms with Gasteiger partial charge in [0, 0.05) is 16.1 Å². The Bertz CT molecular complexity index is 1010. The van der Waals surface area contributed by atoms with Crippen LogP contribution in [0.2, 0.25) is 0 Å². The fraction of sp³-hybridized carbons (Fsp3) is 0.176. The van der Waals surface area contributed by atoms with Crippen molar-refractivity contribution in [1.82, 2.24) is 9.97 Å². The molecule has 2 aromatic carbocycles. The zero-order chi connectivity index (χ0) is 17.9. The number of halogens is 1. The van der Waals surface area contributed by atoms with E-state index in [0.717, 1.165) is 10.2 Å². The van der Waals surface area contributed by atoms with Gasteiger partial charge in [0.25, 0.3) is 0 Å². The standard InChI is InChI=1S/C17H16BrN3O3S/c1-25(22,23)14-5-6-16-15(10-14)17(21-11-20-16)19-7-8-24-13-4-2-3-12(18)9-13/h2-6,9-11H,7-8H2,1H3,(H,19,20,21). The molecule has 0 atom stereocenters. The SMILES string of the molecule is CS(=O)(=O)c1ccc2ncnc(NCCOc3cccc(Br)c3)c2c1. The number of rotatable bonds is 6. The van der Waals surface area contributed by atoms with Crippen molar-refractivity contribution < 1.29 is 13.2 Å². The van der Waals surface area contributed by atoms with Gasteiger partial charge in [0.1, 0.15) is 24.5 Å². The van der Waals surface area contributed by atoms with Crippen LogP contribution < -0.4 is 10.1 Å². The van der Waals surface area contributed by atoms with Crippen LogP contribution in [-0.2, 0) is 9.84 Å². The van der Waals surface area contributed by atoms with E-state index in [1.54, 1.807) is 18.2 Å². The minimum atomic E-state index is -3.29. The monoisotopic (exact) mass is 421 g/mol. The summed E-state index contributed by atoms with van der Waals surface area (Å²) in [5, 5.41) is 3.83. The Kier molecular flexibility index (Phi) is 5.19. The molecule has 8 heteroatoms.